The quantitative estimate of drug-likeness (QED) is 0.443. The number of hydrogen-bond donors (Lipinski definition) is 0. The fourth-order valence-electron chi connectivity index (χ4n) is 3.84. The molecule has 0 fully saturated rings. The summed E-state index contributed by atoms with van der Waals surface area (Å²) >= 11 is 0. The Morgan fingerprint density at radius 1 is 0.968 bits per heavy atom. The molecule has 0 N–H and O–H groups in total. The van der Waals surface area contributed by atoms with Crippen LogP contribution in [0.15, 0.2) is 66.7 Å². The molecule has 5 heteroatoms. The lowest BCUT2D eigenvalue weighted by Gasteiger charge is -2.17. The standard InChI is InChI=1S/C26H28N4O/c1-4-20-12-14-21(15-13-20)18-30-19(2)25(27-28-30)26(31)29(3)17-16-23-10-7-9-22-8-5-6-11-24(22)23/h5-15H,4,16-18H2,1-3H3. The minimum Gasteiger partial charge on any atom is -0.340 e. The van der Waals surface area contributed by atoms with E-state index in [9.17, 15) is 4.79 Å². The number of benzene rings is 3. The van der Waals surface area contributed by atoms with Crippen LogP contribution in [0.5, 0.6) is 0 Å². The molecule has 4 rings (SSSR count). The van der Waals surface area contributed by atoms with Crippen LogP contribution in [-0.2, 0) is 19.4 Å². The number of aryl methyl sites for hydroxylation is 1. The molecule has 0 bridgehead atoms. The Labute approximate surface area is 183 Å². The van der Waals surface area contributed by atoms with Crippen molar-refractivity contribution in [2.45, 2.75) is 33.2 Å². The first-order valence-corrected chi connectivity index (χ1v) is 10.8. The van der Waals surface area contributed by atoms with E-state index in [1.54, 1.807) is 9.58 Å². The van der Waals surface area contributed by atoms with Gasteiger partial charge in [0.2, 0.25) is 0 Å². The zero-order chi connectivity index (χ0) is 21.8. The topological polar surface area (TPSA) is 51.0 Å². The summed E-state index contributed by atoms with van der Waals surface area (Å²) in [5, 5.41) is 10.9. The van der Waals surface area contributed by atoms with E-state index in [0.29, 0.717) is 18.8 Å². The second-order valence-corrected chi connectivity index (χ2v) is 7.97. The SMILES string of the molecule is CCc1ccc(Cn2nnc(C(=O)N(C)CCc3cccc4ccccc34)c2C)cc1. The Morgan fingerprint density at radius 3 is 2.45 bits per heavy atom. The molecule has 1 heterocycles. The molecule has 3 aromatic carbocycles. The van der Waals surface area contributed by atoms with Crippen LogP contribution < -0.4 is 0 Å². The highest BCUT2D eigenvalue weighted by Crippen LogP contribution is 2.19. The van der Waals surface area contributed by atoms with Crippen molar-refractivity contribution >= 4 is 16.7 Å². The van der Waals surface area contributed by atoms with Crippen molar-refractivity contribution in [3.8, 4) is 0 Å². The van der Waals surface area contributed by atoms with Crippen molar-refractivity contribution < 1.29 is 4.79 Å². The van der Waals surface area contributed by atoms with Crippen molar-refractivity contribution in [2.75, 3.05) is 13.6 Å². The minimum atomic E-state index is -0.0923. The van der Waals surface area contributed by atoms with E-state index in [-0.39, 0.29) is 5.91 Å². The average molecular weight is 413 g/mol. The lowest BCUT2D eigenvalue weighted by Crippen LogP contribution is -2.29. The summed E-state index contributed by atoms with van der Waals surface area (Å²) in [6, 6.07) is 23.2. The molecule has 0 unspecified atom stereocenters. The number of likely N-dealkylation sites (N-methyl/N-ethyl adjacent to an activating group) is 1. The normalized spacial score (nSPS) is 11.1. The van der Waals surface area contributed by atoms with E-state index in [1.807, 2.05) is 20.0 Å². The predicted octanol–water partition coefficient (Wildman–Crippen LogP) is 4.67. The highest BCUT2D eigenvalue weighted by Gasteiger charge is 2.20. The van der Waals surface area contributed by atoms with Crippen molar-refractivity contribution in [1.82, 2.24) is 19.9 Å². The van der Waals surface area contributed by atoms with E-state index in [1.165, 1.54) is 21.9 Å². The second-order valence-electron chi connectivity index (χ2n) is 7.97. The zero-order valence-electron chi connectivity index (χ0n) is 18.4. The highest BCUT2D eigenvalue weighted by atomic mass is 16.2. The third-order valence-electron chi connectivity index (χ3n) is 5.89. The Kier molecular flexibility index (Phi) is 6.12. The van der Waals surface area contributed by atoms with Crippen LogP contribution in [0.2, 0.25) is 0 Å². The van der Waals surface area contributed by atoms with Gasteiger partial charge in [-0.25, -0.2) is 4.68 Å². The Hall–Kier alpha value is -3.47. The molecule has 0 spiro atoms. The molecular formula is C26H28N4O. The minimum absolute atomic E-state index is 0.0923. The summed E-state index contributed by atoms with van der Waals surface area (Å²) in [4.78, 5) is 14.7. The van der Waals surface area contributed by atoms with Gasteiger partial charge in [-0.1, -0.05) is 78.9 Å². The van der Waals surface area contributed by atoms with Crippen LogP contribution in [-0.4, -0.2) is 39.4 Å². The predicted molar refractivity (Wildman–Crippen MR) is 124 cm³/mol. The monoisotopic (exact) mass is 412 g/mol. The molecule has 0 aliphatic rings. The molecule has 0 atom stereocenters. The van der Waals surface area contributed by atoms with Crippen LogP contribution in [0.25, 0.3) is 10.8 Å². The maximum Gasteiger partial charge on any atom is 0.276 e. The summed E-state index contributed by atoms with van der Waals surface area (Å²) in [7, 11) is 1.83. The Bertz CT molecular complexity index is 1190. The number of fused-ring (bicyclic) bond motifs is 1. The number of amides is 1. The van der Waals surface area contributed by atoms with Crippen LogP contribution in [0, 0.1) is 6.92 Å². The summed E-state index contributed by atoms with van der Waals surface area (Å²) in [6.07, 6.45) is 1.81. The van der Waals surface area contributed by atoms with Crippen LogP contribution in [0.3, 0.4) is 0 Å². The molecule has 31 heavy (non-hydrogen) atoms. The van der Waals surface area contributed by atoms with Crippen molar-refractivity contribution in [3.63, 3.8) is 0 Å². The third kappa shape index (κ3) is 4.50. The first-order valence-electron chi connectivity index (χ1n) is 10.8. The Morgan fingerprint density at radius 2 is 1.68 bits per heavy atom. The van der Waals surface area contributed by atoms with Gasteiger partial charge in [-0.05, 0) is 47.2 Å². The lowest BCUT2D eigenvalue weighted by atomic mass is 10.0. The van der Waals surface area contributed by atoms with Gasteiger partial charge in [-0.2, -0.15) is 0 Å². The van der Waals surface area contributed by atoms with Crippen molar-refractivity contribution in [1.29, 1.82) is 0 Å². The van der Waals surface area contributed by atoms with Gasteiger partial charge in [0.15, 0.2) is 5.69 Å². The summed E-state index contributed by atoms with van der Waals surface area (Å²) < 4.78 is 1.80. The maximum atomic E-state index is 13.0. The third-order valence-corrected chi connectivity index (χ3v) is 5.89. The van der Waals surface area contributed by atoms with Gasteiger partial charge < -0.3 is 4.90 Å². The average Bonchev–Trinajstić information content (AvgIpc) is 3.17. The summed E-state index contributed by atoms with van der Waals surface area (Å²) in [5.41, 5.74) is 4.91. The molecule has 0 saturated heterocycles. The van der Waals surface area contributed by atoms with Gasteiger partial charge >= 0.3 is 0 Å². The molecule has 0 radical (unpaired) electrons. The molecule has 0 aliphatic heterocycles. The molecule has 1 aromatic heterocycles. The molecule has 0 saturated carbocycles. The van der Waals surface area contributed by atoms with E-state index in [2.05, 4.69) is 77.9 Å². The molecule has 1 amide bonds. The number of carbonyl (C=O) groups excluding carboxylic acids is 1. The smallest absolute Gasteiger partial charge is 0.276 e. The number of carbonyl (C=O) groups is 1. The van der Waals surface area contributed by atoms with E-state index in [4.69, 9.17) is 0 Å². The summed E-state index contributed by atoms with van der Waals surface area (Å²) in [5.74, 6) is -0.0923. The molecule has 5 nitrogen and oxygen atoms in total. The van der Waals surface area contributed by atoms with Gasteiger partial charge in [0, 0.05) is 13.6 Å². The van der Waals surface area contributed by atoms with Crippen molar-refractivity contribution in [3.05, 3.63) is 94.8 Å². The van der Waals surface area contributed by atoms with Gasteiger partial charge in [0.25, 0.3) is 5.91 Å². The van der Waals surface area contributed by atoms with Crippen LogP contribution >= 0.6 is 0 Å². The second kappa shape index (κ2) is 9.13. The summed E-state index contributed by atoms with van der Waals surface area (Å²) in [6.45, 7) is 5.28. The molecule has 4 aromatic rings. The fraction of sp³-hybridized carbons (Fsp3) is 0.269. The van der Waals surface area contributed by atoms with Crippen molar-refractivity contribution in [2.24, 2.45) is 0 Å². The molecule has 158 valence electrons. The van der Waals surface area contributed by atoms with Crippen LogP contribution in [0.1, 0.15) is 39.8 Å². The first-order chi connectivity index (χ1) is 15.1. The Balaban J connectivity index is 1.44. The van der Waals surface area contributed by atoms with E-state index in [0.717, 1.165) is 24.1 Å². The molecule has 0 aliphatic carbocycles. The number of rotatable bonds is 7. The first kappa shape index (κ1) is 20.8. The lowest BCUT2D eigenvalue weighted by molar-refractivity contribution is 0.0790. The van der Waals surface area contributed by atoms with Crippen LogP contribution in [0.4, 0.5) is 0 Å². The largest absolute Gasteiger partial charge is 0.340 e. The zero-order valence-corrected chi connectivity index (χ0v) is 18.4. The van der Waals surface area contributed by atoms with Gasteiger partial charge in [-0.15, -0.1) is 5.10 Å². The fourth-order valence-corrected chi connectivity index (χ4v) is 3.84. The molecular weight excluding hydrogens is 384 g/mol. The number of nitrogens with zero attached hydrogens (tertiary/aromatic N) is 4. The maximum absolute atomic E-state index is 13.0. The number of aromatic nitrogens is 3. The number of hydrogen-bond acceptors (Lipinski definition) is 3. The highest BCUT2D eigenvalue weighted by molar-refractivity contribution is 5.93. The van der Waals surface area contributed by atoms with Gasteiger partial charge in [0.05, 0.1) is 12.2 Å². The van der Waals surface area contributed by atoms with E-state index >= 15 is 0 Å². The van der Waals surface area contributed by atoms with Gasteiger partial charge in [0.1, 0.15) is 0 Å². The van der Waals surface area contributed by atoms with Gasteiger partial charge in [-0.3, -0.25) is 4.79 Å². The van der Waals surface area contributed by atoms with E-state index < -0.39 is 0 Å².